The molecule has 0 saturated carbocycles. The molecule has 2 aliphatic rings. The summed E-state index contributed by atoms with van der Waals surface area (Å²) in [5.41, 5.74) is 0. The molecule has 0 aromatic carbocycles. The van der Waals surface area contributed by atoms with Crippen LogP contribution in [0, 0.1) is 0 Å². The van der Waals surface area contributed by atoms with E-state index in [0.717, 1.165) is 30.9 Å². The zero-order valence-corrected chi connectivity index (χ0v) is 8.12. The second-order valence-electron chi connectivity index (χ2n) is 2.74. The molecule has 1 unspecified atom stereocenters. The molecule has 0 bridgehead atoms. The van der Waals surface area contributed by atoms with E-state index in [4.69, 9.17) is 4.74 Å². The molecule has 0 aromatic heterocycles. The van der Waals surface area contributed by atoms with Crippen molar-refractivity contribution in [3.8, 4) is 0 Å². The number of hydrogen-bond donors (Lipinski definition) is 0. The maximum atomic E-state index is 5.27. The minimum atomic E-state index is 0.855. The van der Waals surface area contributed by atoms with Crippen LogP contribution in [0.3, 0.4) is 0 Å². The fourth-order valence-corrected chi connectivity index (χ4v) is 3.53. The lowest BCUT2D eigenvalue weighted by molar-refractivity contribution is 0.0772. The van der Waals surface area contributed by atoms with Gasteiger partial charge in [0.1, 0.15) is 0 Å². The predicted molar refractivity (Wildman–Crippen MR) is 50.8 cm³/mol. The van der Waals surface area contributed by atoms with E-state index >= 15 is 0 Å². The molecule has 2 nitrogen and oxygen atoms in total. The van der Waals surface area contributed by atoms with Crippen molar-refractivity contribution >= 4 is 23.7 Å². The van der Waals surface area contributed by atoms with E-state index in [1.165, 1.54) is 12.2 Å². The van der Waals surface area contributed by atoms with Crippen LogP contribution in [0.1, 0.15) is 6.42 Å². The maximum absolute atomic E-state index is 5.27. The van der Waals surface area contributed by atoms with Crippen molar-refractivity contribution in [3.63, 3.8) is 0 Å². The highest BCUT2D eigenvalue weighted by atomic mass is 32.2. The smallest absolute Gasteiger partial charge is 0.0657 e. The summed E-state index contributed by atoms with van der Waals surface area (Å²) in [5, 5.41) is 0. The van der Waals surface area contributed by atoms with Gasteiger partial charge in [-0.05, 0) is 12.2 Å². The van der Waals surface area contributed by atoms with Crippen molar-refractivity contribution in [2.45, 2.75) is 11.0 Å². The Bertz CT molecular complexity index is 124. The zero-order valence-electron chi connectivity index (χ0n) is 6.49. The Balaban J connectivity index is 1.67. The average Bonchev–Trinajstić information content (AvgIpc) is 1.99. The van der Waals surface area contributed by atoms with E-state index in [9.17, 15) is 0 Å². The van der Waals surface area contributed by atoms with Gasteiger partial charge in [-0.25, -0.2) is 4.31 Å². The second-order valence-corrected chi connectivity index (χ2v) is 5.64. The molecule has 1 atom stereocenters. The highest BCUT2D eigenvalue weighted by Crippen LogP contribution is 2.38. The van der Waals surface area contributed by atoms with Gasteiger partial charge in [-0.1, -0.05) is 11.9 Å². The van der Waals surface area contributed by atoms with E-state index in [1.54, 1.807) is 0 Å². The zero-order chi connectivity index (χ0) is 7.52. The summed E-state index contributed by atoms with van der Waals surface area (Å²) in [5.74, 6) is 1.36. The Kier molecular flexibility index (Phi) is 3.01. The van der Waals surface area contributed by atoms with Crippen LogP contribution >= 0.6 is 23.7 Å². The van der Waals surface area contributed by atoms with Crippen LogP contribution in [-0.4, -0.2) is 40.9 Å². The maximum Gasteiger partial charge on any atom is 0.0657 e. The van der Waals surface area contributed by atoms with Crippen LogP contribution in [0.2, 0.25) is 0 Å². The lowest BCUT2D eigenvalue weighted by atomic mass is 10.5. The van der Waals surface area contributed by atoms with Crippen LogP contribution in [0.5, 0.6) is 0 Å². The first-order valence-corrected chi connectivity index (χ1v) is 5.95. The molecule has 0 N–H and O–H groups in total. The highest BCUT2D eigenvalue weighted by molar-refractivity contribution is 8.17. The van der Waals surface area contributed by atoms with Gasteiger partial charge in [0.15, 0.2) is 0 Å². The molecule has 0 amide bonds. The van der Waals surface area contributed by atoms with Gasteiger partial charge in [0.05, 0.1) is 17.8 Å². The van der Waals surface area contributed by atoms with Crippen molar-refractivity contribution in [2.75, 3.05) is 32.1 Å². The van der Waals surface area contributed by atoms with Crippen molar-refractivity contribution in [2.24, 2.45) is 0 Å². The molecule has 11 heavy (non-hydrogen) atoms. The van der Waals surface area contributed by atoms with Gasteiger partial charge in [0.25, 0.3) is 0 Å². The van der Waals surface area contributed by atoms with Gasteiger partial charge in [-0.3, -0.25) is 0 Å². The van der Waals surface area contributed by atoms with Gasteiger partial charge in [0.2, 0.25) is 0 Å². The number of rotatable bonds is 2. The third kappa shape index (κ3) is 2.28. The number of morpholine rings is 1. The number of nitrogens with zero attached hydrogens (tertiary/aromatic N) is 1. The average molecular weight is 191 g/mol. The van der Waals surface area contributed by atoms with Gasteiger partial charge in [0, 0.05) is 13.1 Å². The first kappa shape index (κ1) is 8.23. The first-order valence-electron chi connectivity index (χ1n) is 4.06. The number of hydrogen-bond acceptors (Lipinski definition) is 4. The second kappa shape index (κ2) is 4.03. The summed E-state index contributed by atoms with van der Waals surface area (Å²) >= 11 is 4.10. The molecule has 2 aliphatic heterocycles. The summed E-state index contributed by atoms with van der Waals surface area (Å²) < 4.78 is 8.57. The molecule has 2 fully saturated rings. The molecule has 2 heterocycles. The van der Waals surface area contributed by atoms with Crippen molar-refractivity contribution in [1.82, 2.24) is 4.31 Å². The molecule has 64 valence electrons. The van der Waals surface area contributed by atoms with Crippen LogP contribution < -0.4 is 0 Å². The lowest BCUT2D eigenvalue weighted by Gasteiger charge is -2.32. The summed E-state index contributed by atoms with van der Waals surface area (Å²) in [6.45, 7) is 4.07. The fraction of sp³-hybridized carbons (Fsp3) is 1.00. The summed E-state index contributed by atoms with van der Waals surface area (Å²) in [6, 6.07) is 0. The third-order valence-electron chi connectivity index (χ3n) is 1.89. The van der Waals surface area contributed by atoms with Crippen molar-refractivity contribution in [1.29, 1.82) is 0 Å². The fourth-order valence-electron chi connectivity index (χ4n) is 1.12. The third-order valence-corrected chi connectivity index (χ3v) is 4.77. The van der Waals surface area contributed by atoms with Crippen molar-refractivity contribution in [3.05, 3.63) is 0 Å². The van der Waals surface area contributed by atoms with Gasteiger partial charge in [-0.2, -0.15) is 0 Å². The van der Waals surface area contributed by atoms with Gasteiger partial charge in [-0.15, -0.1) is 11.8 Å². The molecule has 0 aliphatic carbocycles. The molecule has 2 saturated heterocycles. The van der Waals surface area contributed by atoms with E-state index in [0.29, 0.717) is 0 Å². The Morgan fingerprint density at radius 2 is 2.09 bits per heavy atom. The van der Waals surface area contributed by atoms with Crippen LogP contribution in [0.15, 0.2) is 0 Å². The quantitative estimate of drug-likeness (QED) is 0.612. The molecular weight excluding hydrogens is 178 g/mol. The predicted octanol–water partition coefficient (Wildman–Crippen LogP) is 1.43. The molecule has 0 spiro atoms. The topological polar surface area (TPSA) is 12.5 Å². The monoisotopic (exact) mass is 191 g/mol. The summed E-state index contributed by atoms with van der Waals surface area (Å²) in [7, 11) is 0. The Morgan fingerprint density at radius 1 is 1.36 bits per heavy atom. The van der Waals surface area contributed by atoms with Crippen molar-refractivity contribution < 1.29 is 4.74 Å². The van der Waals surface area contributed by atoms with Crippen LogP contribution in [0.4, 0.5) is 0 Å². The standard InChI is InChI=1S/C7H13NOS2/c1-6-10-7(1)11-8-2-4-9-5-3-8/h7H,1-6H2. The molecule has 0 radical (unpaired) electrons. The Morgan fingerprint density at radius 3 is 2.64 bits per heavy atom. The highest BCUT2D eigenvalue weighted by Gasteiger charge is 2.23. The SMILES string of the molecule is C1CN(SC2CCS2)CCO1. The normalized spacial score (nSPS) is 33.3. The molecule has 2 rings (SSSR count). The van der Waals surface area contributed by atoms with E-state index in [-0.39, 0.29) is 0 Å². The largest absolute Gasteiger partial charge is 0.379 e. The molecule has 4 heteroatoms. The summed E-state index contributed by atoms with van der Waals surface area (Å²) in [6.07, 6.45) is 1.40. The van der Waals surface area contributed by atoms with Crippen LogP contribution in [0.25, 0.3) is 0 Å². The minimum Gasteiger partial charge on any atom is -0.379 e. The van der Waals surface area contributed by atoms with Crippen LogP contribution in [-0.2, 0) is 4.74 Å². The van der Waals surface area contributed by atoms with E-state index in [2.05, 4.69) is 16.1 Å². The number of thioether (sulfide) groups is 1. The Labute approximate surface area is 76.2 Å². The lowest BCUT2D eigenvalue weighted by Crippen LogP contribution is -2.33. The minimum absolute atomic E-state index is 0.855. The van der Waals surface area contributed by atoms with E-state index < -0.39 is 0 Å². The first-order chi connectivity index (χ1) is 5.45. The summed E-state index contributed by atoms with van der Waals surface area (Å²) in [4.78, 5) is 0. The van der Waals surface area contributed by atoms with Gasteiger partial charge >= 0.3 is 0 Å². The van der Waals surface area contributed by atoms with E-state index in [1.807, 2.05) is 11.9 Å². The van der Waals surface area contributed by atoms with Gasteiger partial charge < -0.3 is 4.74 Å². The Hall–Kier alpha value is 0.620. The molecule has 0 aromatic rings. The number of ether oxygens (including phenoxy) is 1. The molecular formula is C7H13NOS2.